The number of rotatable bonds is 2. The van der Waals surface area contributed by atoms with Gasteiger partial charge in [-0.2, -0.15) is 0 Å². The number of hydrogen-bond acceptors (Lipinski definition) is 2. The Morgan fingerprint density at radius 1 is 1.38 bits per heavy atom. The minimum absolute atomic E-state index is 0.257. The first-order chi connectivity index (χ1) is 7.59. The lowest BCUT2D eigenvalue weighted by atomic mass is 9.96. The monoisotopic (exact) mass is 225 g/mol. The summed E-state index contributed by atoms with van der Waals surface area (Å²) in [6.45, 7) is 5.63. The molecule has 1 heterocycles. The molecule has 1 N–H and O–H groups in total. The van der Waals surface area contributed by atoms with Crippen LogP contribution >= 0.6 is 0 Å². The molecule has 3 nitrogen and oxygen atoms in total. The van der Waals surface area contributed by atoms with Crippen molar-refractivity contribution in [3.05, 3.63) is 0 Å². The molecule has 1 amide bonds. The van der Waals surface area contributed by atoms with Crippen LogP contribution in [0.3, 0.4) is 0 Å². The molecular formula is C13H23NO2. The molecule has 0 aromatic rings. The van der Waals surface area contributed by atoms with Crippen molar-refractivity contribution in [2.45, 2.75) is 45.6 Å². The molecule has 0 spiro atoms. The number of nitrogens with zero attached hydrogens (tertiary/aromatic N) is 1. The highest BCUT2D eigenvalue weighted by molar-refractivity contribution is 5.79. The first-order valence-electron chi connectivity index (χ1n) is 6.56. The van der Waals surface area contributed by atoms with Gasteiger partial charge in [0, 0.05) is 24.9 Å². The molecule has 4 atom stereocenters. The van der Waals surface area contributed by atoms with E-state index in [1.54, 1.807) is 0 Å². The molecule has 0 aromatic carbocycles. The summed E-state index contributed by atoms with van der Waals surface area (Å²) in [6, 6.07) is 0. The van der Waals surface area contributed by atoms with Crippen molar-refractivity contribution in [3.63, 3.8) is 0 Å². The Hall–Kier alpha value is -0.570. The van der Waals surface area contributed by atoms with Gasteiger partial charge in [0.15, 0.2) is 0 Å². The molecule has 92 valence electrons. The highest BCUT2D eigenvalue weighted by Crippen LogP contribution is 2.34. The molecule has 1 saturated carbocycles. The van der Waals surface area contributed by atoms with Gasteiger partial charge in [-0.15, -0.1) is 0 Å². The van der Waals surface area contributed by atoms with Crippen molar-refractivity contribution in [2.75, 3.05) is 13.1 Å². The zero-order chi connectivity index (χ0) is 11.7. The van der Waals surface area contributed by atoms with Gasteiger partial charge in [-0.3, -0.25) is 4.79 Å². The Bertz CT molecular complexity index is 265. The lowest BCUT2D eigenvalue weighted by molar-refractivity contribution is -0.135. The average molecular weight is 225 g/mol. The van der Waals surface area contributed by atoms with Crippen LogP contribution in [0.15, 0.2) is 0 Å². The van der Waals surface area contributed by atoms with Crippen LogP contribution in [0.5, 0.6) is 0 Å². The van der Waals surface area contributed by atoms with Gasteiger partial charge in [0.05, 0.1) is 6.10 Å². The SMILES string of the molecule is CC(O)C1CCN(C(=O)C2CCCC2C)C1. The van der Waals surface area contributed by atoms with Crippen LogP contribution in [-0.4, -0.2) is 35.1 Å². The largest absolute Gasteiger partial charge is 0.393 e. The standard InChI is InChI=1S/C13H23NO2/c1-9-4-3-5-12(9)13(16)14-7-6-11(8-14)10(2)15/h9-12,15H,3-8H2,1-2H3. The summed E-state index contributed by atoms with van der Waals surface area (Å²) < 4.78 is 0. The molecule has 3 heteroatoms. The normalized spacial score (nSPS) is 36.7. The van der Waals surface area contributed by atoms with Crippen LogP contribution in [0, 0.1) is 17.8 Å². The molecular weight excluding hydrogens is 202 g/mol. The van der Waals surface area contributed by atoms with E-state index in [-0.39, 0.29) is 12.0 Å². The summed E-state index contributed by atoms with van der Waals surface area (Å²) in [7, 11) is 0. The molecule has 0 radical (unpaired) electrons. The van der Waals surface area contributed by atoms with E-state index in [9.17, 15) is 9.90 Å². The van der Waals surface area contributed by atoms with Crippen LogP contribution in [0.1, 0.15) is 39.5 Å². The Morgan fingerprint density at radius 3 is 2.62 bits per heavy atom. The highest BCUT2D eigenvalue weighted by atomic mass is 16.3. The maximum absolute atomic E-state index is 12.3. The number of carbonyl (C=O) groups excluding carboxylic acids is 1. The Balaban J connectivity index is 1.91. The maximum Gasteiger partial charge on any atom is 0.225 e. The Labute approximate surface area is 97.8 Å². The predicted molar refractivity (Wildman–Crippen MR) is 62.9 cm³/mol. The molecule has 2 aliphatic rings. The summed E-state index contributed by atoms with van der Waals surface area (Å²) in [6.07, 6.45) is 4.15. The Morgan fingerprint density at radius 2 is 2.12 bits per heavy atom. The van der Waals surface area contributed by atoms with Gasteiger partial charge >= 0.3 is 0 Å². The van der Waals surface area contributed by atoms with Crippen molar-refractivity contribution in [1.29, 1.82) is 0 Å². The van der Waals surface area contributed by atoms with Crippen molar-refractivity contribution >= 4 is 5.91 Å². The minimum atomic E-state index is -0.279. The molecule has 0 aromatic heterocycles. The summed E-state index contributed by atoms with van der Waals surface area (Å²) in [4.78, 5) is 14.2. The van der Waals surface area contributed by atoms with Crippen molar-refractivity contribution < 1.29 is 9.90 Å². The third-order valence-corrected chi connectivity index (χ3v) is 4.40. The van der Waals surface area contributed by atoms with Crippen LogP contribution in [-0.2, 0) is 4.79 Å². The lowest BCUT2D eigenvalue weighted by Gasteiger charge is -2.23. The van der Waals surface area contributed by atoms with Crippen molar-refractivity contribution in [3.8, 4) is 0 Å². The smallest absolute Gasteiger partial charge is 0.225 e. The summed E-state index contributed by atoms with van der Waals surface area (Å²) >= 11 is 0. The van der Waals surface area contributed by atoms with Crippen LogP contribution in [0.25, 0.3) is 0 Å². The first kappa shape index (κ1) is 11.9. The second kappa shape index (κ2) is 4.74. The quantitative estimate of drug-likeness (QED) is 0.776. The van der Waals surface area contributed by atoms with Crippen molar-refractivity contribution in [2.24, 2.45) is 17.8 Å². The summed E-state index contributed by atoms with van der Waals surface area (Å²) in [5.74, 6) is 1.44. The van der Waals surface area contributed by atoms with Gasteiger partial charge < -0.3 is 10.0 Å². The molecule has 1 aliphatic carbocycles. The van der Waals surface area contributed by atoms with Gasteiger partial charge in [-0.05, 0) is 32.1 Å². The third-order valence-electron chi connectivity index (χ3n) is 4.40. The van der Waals surface area contributed by atoms with Gasteiger partial charge in [0.25, 0.3) is 0 Å². The predicted octanol–water partition coefficient (Wildman–Crippen LogP) is 1.65. The second-order valence-corrected chi connectivity index (χ2v) is 5.59. The van der Waals surface area contributed by atoms with Crippen molar-refractivity contribution in [1.82, 2.24) is 4.90 Å². The van der Waals surface area contributed by atoms with E-state index in [4.69, 9.17) is 0 Å². The second-order valence-electron chi connectivity index (χ2n) is 5.59. The molecule has 0 bridgehead atoms. The topological polar surface area (TPSA) is 40.5 Å². The van der Waals surface area contributed by atoms with Crippen LogP contribution in [0.4, 0.5) is 0 Å². The third kappa shape index (κ3) is 2.24. The van der Waals surface area contributed by atoms with E-state index in [0.717, 1.165) is 25.9 Å². The zero-order valence-electron chi connectivity index (χ0n) is 10.4. The van der Waals surface area contributed by atoms with E-state index in [2.05, 4.69) is 6.92 Å². The molecule has 2 fully saturated rings. The van der Waals surface area contributed by atoms with E-state index in [1.807, 2.05) is 11.8 Å². The number of likely N-dealkylation sites (tertiary alicyclic amines) is 1. The van der Waals surface area contributed by atoms with Gasteiger partial charge in [0.1, 0.15) is 0 Å². The molecule has 4 unspecified atom stereocenters. The highest BCUT2D eigenvalue weighted by Gasteiger charge is 2.36. The van der Waals surface area contributed by atoms with E-state index >= 15 is 0 Å². The van der Waals surface area contributed by atoms with Gasteiger partial charge in [0.2, 0.25) is 5.91 Å². The number of amides is 1. The van der Waals surface area contributed by atoms with Gasteiger partial charge in [-0.25, -0.2) is 0 Å². The molecule has 1 saturated heterocycles. The zero-order valence-corrected chi connectivity index (χ0v) is 10.4. The van der Waals surface area contributed by atoms with E-state index < -0.39 is 0 Å². The number of aliphatic hydroxyl groups is 1. The number of carbonyl (C=O) groups is 1. The summed E-state index contributed by atoms with van der Waals surface area (Å²) in [5.41, 5.74) is 0. The van der Waals surface area contributed by atoms with Crippen LogP contribution < -0.4 is 0 Å². The van der Waals surface area contributed by atoms with E-state index in [0.29, 0.717) is 17.7 Å². The van der Waals surface area contributed by atoms with Crippen LogP contribution in [0.2, 0.25) is 0 Å². The molecule has 1 aliphatic heterocycles. The first-order valence-corrected chi connectivity index (χ1v) is 6.56. The molecule has 2 rings (SSSR count). The van der Waals surface area contributed by atoms with E-state index in [1.165, 1.54) is 12.8 Å². The fourth-order valence-corrected chi connectivity index (χ4v) is 3.13. The molecule has 16 heavy (non-hydrogen) atoms. The number of aliphatic hydroxyl groups excluding tert-OH is 1. The van der Waals surface area contributed by atoms with Gasteiger partial charge in [-0.1, -0.05) is 13.3 Å². The lowest BCUT2D eigenvalue weighted by Crippen LogP contribution is -2.36. The maximum atomic E-state index is 12.3. The summed E-state index contributed by atoms with van der Waals surface area (Å²) in [5, 5.41) is 9.53. The fraction of sp³-hybridized carbons (Fsp3) is 0.923. The minimum Gasteiger partial charge on any atom is -0.393 e. The Kier molecular flexibility index (Phi) is 3.53. The number of hydrogen-bond donors (Lipinski definition) is 1. The fourth-order valence-electron chi connectivity index (χ4n) is 3.13. The average Bonchev–Trinajstić information content (AvgIpc) is 2.84.